The van der Waals surface area contributed by atoms with E-state index < -0.39 is 0 Å². The van der Waals surface area contributed by atoms with Crippen LogP contribution in [0.3, 0.4) is 0 Å². The Balaban J connectivity index is 1.70. The van der Waals surface area contributed by atoms with E-state index in [1.54, 1.807) is 0 Å². The molecule has 0 N–H and O–H groups in total. The third-order valence-electron chi connectivity index (χ3n) is 3.82. The van der Waals surface area contributed by atoms with E-state index in [-0.39, 0.29) is 0 Å². The van der Waals surface area contributed by atoms with Crippen molar-refractivity contribution in [2.45, 2.75) is 5.88 Å². The van der Waals surface area contributed by atoms with Crippen molar-refractivity contribution in [2.75, 3.05) is 36.0 Å². The number of halogens is 2. The summed E-state index contributed by atoms with van der Waals surface area (Å²) in [6.07, 6.45) is 3.68. The van der Waals surface area contributed by atoms with Gasteiger partial charge in [-0.3, -0.25) is 4.98 Å². The molecule has 1 aliphatic heterocycles. The SMILES string of the molecule is ClCc1cnccc1N1CCN(c2cccc(Cl)c2)CC1. The summed E-state index contributed by atoms with van der Waals surface area (Å²) in [6.45, 7) is 3.90. The lowest BCUT2D eigenvalue weighted by molar-refractivity contribution is 0.652. The van der Waals surface area contributed by atoms with Gasteiger partial charge in [0.2, 0.25) is 0 Å². The lowest BCUT2D eigenvalue weighted by Crippen LogP contribution is -2.46. The Kier molecular flexibility index (Phi) is 4.51. The maximum absolute atomic E-state index is 6.07. The normalized spacial score (nSPS) is 15.3. The molecule has 0 unspecified atom stereocenters. The van der Waals surface area contributed by atoms with Crippen molar-refractivity contribution < 1.29 is 0 Å². The number of piperazine rings is 1. The topological polar surface area (TPSA) is 19.4 Å². The van der Waals surface area contributed by atoms with Gasteiger partial charge in [-0.1, -0.05) is 17.7 Å². The quantitative estimate of drug-likeness (QED) is 0.801. The molecule has 3 rings (SSSR count). The molecule has 2 heterocycles. The molecule has 110 valence electrons. The molecule has 0 aliphatic carbocycles. The third-order valence-corrected chi connectivity index (χ3v) is 4.34. The molecular weight excluding hydrogens is 305 g/mol. The molecule has 21 heavy (non-hydrogen) atoms. The molecule has 1 aromatic heterocycles. The smallest absolute Gasteiger partial charge is 0.0509 e. The fourth-order valence-corrected chi connectivity index (χ4v) is 3.10. The molecule has 1 aliphatic rings. The summed E-state index contributed by atoms with van der Waals surface area (Å²) in [5, 5.41) is 0.786. The van der Waals surface area contributed by atoms with Crippen LogP contribution in [0.15, 0.2) is 42.7 Å². The van der Waals surface area contributed by atoms with Crippen molar-refractivity contribution in [3.63, 3.8) is 0 Å². The minimum atomic E-state index is 0.498. The summed E-state index contributed by atoms with van der Waals surface area (Å²) < 4.78 is 0. The molecule has 1 aromatic carbocycles. The van der Waals surface area contributed by atoms with E-state index in [1.807, 2.05) is 36.7 Å². The van der Waals surface area contributed by atoms with Gasteiger partial charge in [0.25, 0.3) is 0 Å². The molecular formula is C16H17Cl2N3. The first-order valence-corrected chi connectivity index (χ1v) is 7.93. The summed E-state index contributed by atoms with van der Waals surface area (Å²) in [5.41, 5.74) is 3.48. The van der Waals surface area contributed by atoms with Gasteiger partial charge >= 0.3 is 0 Å². The van der Waals surface area contributed by atoms with E-state index in [4.69, 9.17) is 23.2 Å². The third kappa shape index (κ3) is 3.25. The largest absolute Gasteiger partial charge is 0.368 e. The molecule has 2 aromatic rings. The van der Waals surface area contributed by atoms with Crippen LogP contribution in [0.2, 0.25) is 5.02 Å². The zero-order valence-electron chi connectivity index (χ0n) is 11.7. The molecule has 0 atom stereocenters. The van der Waals surface area contributed by atoms with Gasteiger partial charge < -0.3 is 9.80 Å². The van der Waals surface area contributed by atoms with Crippen LogP contribution in [-0.4, -0.2) is 31.2 Å². The zero-order chi connectivity index (χ0) is 14.7. The van der Waals surface area contributed by atoms with Crippen molar-refractivity contribution in [1.29, 1.82) is 0 Å². The summed E-state index contributed by atoms with van der Waals surface area (Å²) in [6, 6.07) is 10.1. The van der Waals surface area contributed by atoms with Crippen LogP contribution in [0.25, 0.3) is 0 Å². The first-order valence-electron chi connectivity index (χ1n) is 7.02. The van der Waals surface area contributed by atoms with E-state index in [0.717, 1.165) is 36.8 Å². The van der Waals surface area contributed by atoms with E-state index in [9.17, 15) is 0 Å². The summed E-state index contributed by atoms with van der Waals surface area (Å²) >= 11 is 12.1. The standard InChI is InChI=1S/C16H17Cl2N3/c17-11-13-12-19-5-4-16(13)21-8-6-20(7-9-21)15-3-1-2-14(18)10-15/h1-5,10,12H,6-9,11H2. The highest BCUT2D eigenvalue weighted by Gasteiger charge is 2.19. The van der Waals surface area contributed by atoms with Crippen LogP contribution in [0, 0.1) is 0 Å². The molecule has 0 spiro atoms. The van der Waals surface area contributed by atoms with Gasteiger partial charge in [0, 0.05) is 60.5 Å². The Bertz CT molecular complexity index is 610. The molecule has 1 saturated heterocycles. The molecule has 5 heteroatoms. The Morgan fingerprint density at radius 3 is 2.52 bits per heavy atom. The van der Waals surface area contributed by atoms with Crippen LogP contribution in [-0.2, 0) is 5.88 Å². The van der Waals surface area contributed by atoms with Crippen LogP contribution in [0.1, 0.15) is 5.56 Å². The lowest BCUT2D eigenvalue weighted by Gasteiger charge is -2.38. The van der Waals surface area contributed by atoms with E-state index >= 15 is 0 Å². The second-order valence-corrected chi connectivity index (χ2v) is 5.80. The lowest BCUT2D eigenvalue weighted by atomic mass is 10.2. The van der Waals surface area contributed by atoms with Gasteiger partial charge in [-0.25, -0.2) is 0 Å². The number of benzene rings is 1. The number of hydrogen-bond donors (Lipinski definition) is 0. The number of nitrogens with zero attached hydrogens (tertiary/aromatic N) is 3. The molecule has 1 fully saturated rings. The highest BCUT2D eigenvalue weighted by molar-refractivity contribution is 6.30. The minimum absolute atomic E-state index is 0.498. The Labute approximate surface area is 135 Å². The number of rotatable bonds is 3. The predicted molar refractivity (Wildman–Crippen MR) is 89.7 cm³/mol. The molecule has 0 radical (unpaired) electrons. The Morgan fingerprint density at radius 2 is 1.81 bits per heavy atom. The van der Waals surface area contributed by atoms with Crippen LogP contribution >= 0.6 is 23.2 Å². The van der Waals surface area contributed by atoms with Gasteiger partial charge in [-0.05, 0) is 24.3 Å². The van der Waals surface area contributed by atoms with Gasteiger partial charge in [0.1, 0.15) is 0 Å². The minimum Gasteiger partial charge on any atom is -0.368 e. The van der Waals surface area contributed by atoms with Gasteiger partial charge in [0.15, 0.2) is 0 Å². The molecule has 0 amide bonds. The van der Waals surface area contributed by atoms with E-state index in [2.05, 4.69) is 20.9 Å². The van der Waals surface area contributed by atoms with Crippen molar-refractivity contribution in [3.8, 4) is 0 Å². The van der Waals surface area contributed by atoms with Crippen molar-refractivity contribution in [1.82, 2.24) is 4.98 Å². The van der Waals surface area contributed by atoms with Crippen LogP contribution in [0.4, 0.5) is 11.4 Å². The maximum Gasteiger partial charge on any atom is 0.0509 e. The van der Waals surface area contributed by atoms with Crippen molar-refractivity contribution >= 4 is 34.6 Å². The van der Waals surface area contributed by atoms with Gasteiger partial charge in [0.05, 0.1) is 5.88 Å². The van der Waals surface area contributed by atoms with Gasteiger partial charge in [-0.2, -0.15) is 0 Å². The summed E-state index contributed by atoms with van der Waals surface area (Å²) in [4.78, 5) is 8.89. The Hall–Kier alpha value is -1.45. The second-order valence-electron chi connectivity index (χ2n) is 5.09. The monoisotopic (exact) mass is 321 g/mol. The number of hydrogen-bond acceptors (Lipinski definition) is 3. The van der Waals surface area contributed by atoms with E-state index in [0.29, 0.717) is 5.88 Å². The Morgan fingerprint density at radius 1 is 1.05 bits per heavy atom. The second kappa shape index (κ2) is 6.54. The van der Waals surface area contributed by atoms with Crippen molar-refractivity contribution in [2.24, 2.45) is 0 Å². The number of anilines is 2. The highest BCUT2D eigenvalue weighted by Crippen LogP contribution is 2.25. The maximum atomic E-state index is 6.07. The average Bonchev–Trinajstić information content (AvgIpc) is 2.55. The van der Waals surface area contributed by atoms with Gasteiger partial charge in [-0.15, -0.1) is 11.6 Å². The van der Waals surface area contributed by atoms with Crippen LogP contribution in [0.5, 0.6) is 0 Å². The predicted octanol–water partition coefficient (Wildman–Crippen LogP) is 3.80. The number of aromatic nitrogens is 1. The first-order chi connectivity index (χ1) is 10.3. The van der Waals surface area contributed by atoms with E-state index in [1.165, 1.54) is 11.4 Å². The molecule has 3 nitrogen and oxygen atoms in total. The first kappa shape index (κ1) is 14.5. The molecule has 0 bridgehead atoms. The fourth-order valence-electron chi connectivity index (χ4n) is 2.71. The molecule has 0 saturated carbocycles. The van der Waals surface area contributed by atoms with Crippen molar-refractivity contribution in [3.05, 3.63) is 53.3 Å². The zero-order valence-corrected chi connectivity index (χ0v) is 13.2. The number of alkyl halides is 1. The highest BCUT2D eigenvalue weighted by atomic mass is 35.5. The summed E-state index contributed by atoms with van der Waals surface area (Å²) in [5.74, 6) is 0.498. The summed E-state index contributed by atoms with van der Waals surface area (Å²) in [7, 11) is 0. The number of pyridine rings is 1. The van der Waals surface area contributed by atoms with Crippen LogP contribution < -0.4 is 9.80 Å². The fraction of sp³-hybridized carbons (Fsp3) is 0.312. The average molecular weight is 322 g/mol.